The van der Waals surface area contributed by atoms with Gasteiger partial charge in [0.2, 0.25) is 0 Å². The Balaban J connectivity index is 1.25. The second kappa shape index (κ2) is 12.0. The quantitative estimate of drug-likeness (QED) is 0.264. The molecule has 0 unspecified atom stereocenters. The summed E-state index contributed by atoms with van der Waals surface area (Å²) in [4.78, 5) is 26.3. The molecule has 216 valence electrons. The van der Waals surface area contributed by atoms with Crippen molar-refractivity contribution in [1.29, 1.82) is 0 Å². The number of hydrogen-bond acceptors (Lipinski definition) is 6. The van der Waals surface area contributed by atoms with Gasteiger partial charge in [0.15, 0.2) is 5.12 Å². The van der Waals surface area contributed by atoms with Crippen molar-refractivity contribution < 1.29 is 23.8 Å². The molecule has 0 radical (unpaired) electrons. The Morgan fingerprint density at radius 2 is 1.46 bits per heavy atom. The highest BCUT2D eigenvalue weighted by Crippen LogP contribution is 2.46. The van der Waals surface area contributed by atoms with Crippen molar-refractivity contribution in [2.24, 2.45) is 5.41 Å². The molecule has 1 amide bonds. The number of fused-ring (bicyclic) bond motifs is 3. The van der Waals surface area contributed by atoms with Gasteiger partial charge in [0.1, 0.15) is 12.7 Å². The maximum absolute atomic E-state index is 13.2. The molecule has 3 atom stereocenters. The monoisotopic (exact) mass is 573 g/mol. The third-order valence-corrected chi connectivity index (χ3v) is 8.94. The van der Waals surface area contributed by atoms with Gasteiger partial charge in [-0.2, -0.15) is 0 Å². The largest absolute Gasteiger partial charge is 0.449 e. The summed E-state index contributed by atoms with van der Waals surface area (Å²) in [5.41, 5.74) is 5.00. The molecule has 7 heteroatoms. The van der Waals surface area contributed by atoms with E-state index in [4.69, 9.17) is 14.2 Å². The third kappa shape index (κ3) is 6.85. The molecule has 6 nitrogen and oxygen atoms in total. The minimum atomic E-state index is -0.719. The third-order valence-electron chi connectivity index (χ3n) is 7.61. The summed E-state index contributed by atoms with van der Waals surface area (Å²) < 4.78 is 17.7. The Bertz CT molecular complexity index is 1340. The molecule has 1 N–H and O–H groups in total. The number of carbonyl (C=O) groups is 2. The van der Waals surface area contributed by atoms with E-state index in [1.54, 1.807) is 0 Å². The van der Waals surface area contributed by atoms with Gasteiger partial charge in [-0.3, -0.25) is 4.79 Å². The lowest BCUT2D eigenvalue weighted by molar-refractivity contribution is -0.119. The van der Waals surface area contributed by atoms with E-state index in [0.717, 1.165) is 16.7 Å². The van der Waals surface area contributed by atoms with E-state index >= 15 is 0 Å². The smallest absolute Gasteiger partial charge is 0.407 e. The topological polar surface area (TPSA) is 77.2 Å². The standard InChI is InChI=1S/C34H39NO5S/c1-33(2,3)41-31(36)34(4,5)30-29(40-30)28(21-38-19-22-13-7-6-8-14-22)35-32(37)39-20-27-25-17-11-9-15-23(25)24-16-10-12-18-26(24)27/h6-18,27-30H,19-21H2,1-5H3,(H,35,37)/t28-,29+,30-/m0/s1. The Morgan fingerprint density at radius 3 is 2.07 bits per heavy atom. The van der Waals surface area contributed by atoms with E-state index in [9.17, 15) is 9.59 Å². The molecule has 5 rings (SSSR count). The van der Waals surface area contributed by atoms with Gasteiger partial charge in [0, 0.05) is 10.7 Å². The lowest BCUT2D eigenvalue weighted by Gasteiger charge is -2.26. The first-order valence-corrected chi connectivity index (χ1v) is 15.0. The molecule has 41 heavy (non-hydrogen) atoms. The van der Waals surface area contributed by atoms with Crippen molar-refractivity contribution in [2.75, 3.05) is 13.2 Å². The number of thioether (sulfide) groups is 1. The highest BCUT2D eigenvalue weighted by molar-refractivity contribution is 8.14. The molecule has 0 aromatic heterocycles. The van der Waals surface area contributed by atoms with Crippen LogP contribution in [0.1, 0.15) is 57.2 Å². The Morgan fingerprint density at radius 1 is 0.878 bits per heavy atom. The van der Waals surface area contributed by atoms with Crippen LogP contribution in [0.5, 0.6) is 0 Å². The number of rotatable bonds is 10. The van der Waals surface area contributed by atoms with Crippen molar-refractivity contribution in [3.8, 4) is 11.1 Å². The summed E-state index contributed by atoms with van der Waals surface area (Å²) in [5, 5.41) is 3.07. The average Bonchev–Trinajstić information content (AvgIpc) is 3.69. The molecule has 1 fully saturated rings. The number of hydrogen-bond donors (Lipinski definition) is 1. The fourth-order valence-corrected chi connectivity index (χ4v) is 6.36. The van der Waals surface area contributed by atoms with Gasteiger partial charge in [-0.25, -0.2) is 4.79 Å². The molecular formula is C34H39NO5S. The van der Waals surface area contributed by atoms with Gasteiger partial charge in [-0.1, -0.05) is 111 Å². The van der Waals surface area contributed by atoms with E-state index in [-0.39, 0.29) is 41.2 Å². The minimum Gasteiger partial charge on any atom is -0.449 e. The Kier molecular flexibility index (Phi) is 8.60. The average molecular weight is 574 g/mol. The van der Waals surface area contributed by atoms with Gasteiger partial charge >= 0.3 is 6.09 Å². The first-order chi connectivity index (χ1) is 19.5. The first-order valence-electron chi connectivity index (χ1n) is 14.2. The normalized spacial score (nSPS) is 18.8. The fraction of sp³-hybridized carbons (Fsp3) is 0.412. The summed E-state index contributed by atoms with van der Waals surface area (Å²) in [7, 11) is 0. The summed E-state index contributed by atoms with van der Waals surface area (Å²) in [5.74, 6) is -0.0307. The van der Waals surface area contributed by atoms with Crippen LogP contribution in [0.2, 0.25) is 0 Å². The molecule has 0 bridgehead atoms. The number of carbonyl (C=O) groups excluding carboxylic acids is 2. The fourth-order valence-electron chi connectivity index (χ4n) is 5.42. The minimum absolute atomic E-state index is 0.0307. The summed E-state index contributed by atoms with van der Waals surface area (Å²) in [6, 6.07) is 25.9. The molecule has 0 spiro atoms. The van der Waals surface area contributed by atoms with Crippen LogP contribution in [0, 0.1) is 5.41 Å². The number of alkyl carbamates (subject to hydrolysis) is 1. The van der Waals surface area contributed by atoms with Gasteiger partial charge < -0.3 is 19.5 Å². The maximum Gasteiger partial charge on any atom is 0.407 e. The van der Waals surface area contributed by atoms with Crippen molar-refractivity contribution in [2.45, 2.75) is 70.1 Å². The number of nitrogens with one attached hydrogen (secondary N) is 1. The first kappa shape index (κ1) is 29.4. The van der Waals surface area contributed by atoms with Crippen LogP contribution in [0.25, 0.3) is 11.1 Å². The second-order valence-corrected chi connectivity index (χ2v) is 14.1. The van der Waals surface area contributed by atoms with E-state index in [1.165, 1.54) is 22.9 Å². The van der Waals surface area contributed by atoms with Gasteiger partial charge in [0.25, 0.3) is 0 Å². The van der Waals surface area contributed by atoms with Crippen LogP contribution in [0.15, 0.2) is 78.9 Å². The molecule has 1 aliphatic heterocycles. The van der Waals surface area contributed by atoms with Crippen LogP contribution < -0.4 is 5.32 Å². The predicted octanol–water partition coefficient (Wildman–Crippen LogP) is 6.96. The molecule has 3 aromatic carbocycles. The highest BCUT2D eigenvalue weighted by Gasteiger charge is 2.57. The number of benzene rings is 3. The maximum atomic E-state index is 13.2. The molecule has 2 aliphatic rings. The molecule has 1 aliphatic carbocycles. The Hall–Kier alpha value is -3.13. The summed E-state index contributed by atoms with van der Waals surface area (Å²) in [6.45, 7) is 10.8. The molecule has 0 saturated carbocycles. The lowest BCUT2D eigenvalue weighted by atomic mass is 9.87. The summed E-state index contributed by atoms with van der Waals surface area (Å²) >= 11 is 1.32. The van der Waals surface area contributed by atoms with Crippen LogP contribution >= 0.6 is 11.8 Å². The zero-order valence-electron chi connectivity index (χ0n) is 24.4. The van der Waals surface area contributed by atoms with E-state index in [1.807, 2.05) is 89.2 Å². The number of epoxide rings is 1. The van der Waals surface area contributed by atoms with Crippen molar-refractivity contribution in [1.82, 2.24) is 5.32 Å². The van der Waals surface area contributed by atoms with E-state index < -0.39 is 17.6 Å². The van der Waals surface area contributed by atoms with Crippen LogP contribution in [-0.2, 0) is 25.6 Å². The van der Waals surface area contributed by atoms with Crippen LogP contribution in [-0.4, -0.2) is 47.4 Å². The van der Waals surface area contributed by atoms with Crippen molar-refractivity contribution in [3.05, 3.63) is 95.6 Å². The van der Waals surface area contributed by atoms with E-state index in [0.29, 0.717) is 6.61 Å². The van der Waals surface area contributed by atoms with Crippen LogP contribution in [0.4, 0.5) is 4.79 Å². The summed E-state index contributed by atoms with van der Waals surface area (Å²) in [6.07, 6.45) is -1.21. The lowest BCUT2D eigenvalue weighted by Crippen LogP contribution is -2.45. The van der Waals surface area contributed by atoms with E-state index in [2.05, 4.69) is 29.6 Å². The highest BCUT2D eigenvalue weighted by atomic mass is 32.2. The molecule has 3 aromatic rings. The zero-order chi connectivity index (χ0) is 29.2. The SMILES string of the molecule is CC(C)(C)SC(=O)C(C)(C)[C@H]1O[C@@H]1[C@H](COCc1ccccc1)NC(=O)OCC1c2ccccc2-c2ccccc21. The van der Waals surface area contributed by atoms with Crippen molar-refractivity contribution >= 4 is 23.0 Å². The number of amides is 1. The second-order valence-electron chi connectivity index (χ2n) is 12.3. The van der Waals surface area contributed by atoms with Gasteiger partial charge in [0.05, 0.1) is 30.8 Å². The predicted molar refractivity (Wildman–Crippen MR) is 163 cm³/mol. The van der Waals surface area contributed by atoms with Crippen LogP contribution in [0.3, 0.4) is 0 Å². The number of ether oxygens (including phenoxy) is 3. The van der Waals surface area contributed by atoms with Gasteiger partial charge in [-0.05, 0) is 41.7 Å². The molecular weight excluding hydrogens is 534 g/mol. The zero-order valence-corrected chi connectivity index (χ0v) is 25.2. The Labute approximate surface area is 247 Å². The van der Waals surface area contributed by atoms with Crippen molar-refractivity contribution in [3.63, 3.8) is 0 Å². The molecule has 1 saturated heterocycles. The van der Waals surface area contributed by atoms with Gasteiger partial charge in [-0.15, -0.1) is 0 Å². The molecule has 1 heterocycles.